The van der Waals surface area contributed by atoms with Crippen molar-refractivity contribution in [2.75, 3.05) is 5.32 Å². The van der Waals surface area contributed by atoms with Crippen LogP contribution in [0.25, 0.3) is 11.1 Å². The molecule has 3 rings (SSSR count). The number of fused-ring (bicyclic) bond motifs is 1. The van der Waals surface area contributed by atoms with E-state index in [1.807, 2.05) is 0 Å². The molecule has 21 heavy (non-hydrogen) atoms. The highest BCUT2D eigenvalue weighted by Crippen LogP contribution is 2.21. The van der Waals surface area contributed by atoms with Crippen LogP contribution in [0.3, 0.4) is 0 Å². The molecular weight excluding hydrogens is 295 g/mol. The quantitative estimate of drug-likeness (QED) is 0.772. The number of rotatable bonds is 2. The van der Waals surface area contributed by atoms with Gasteiger partial charge in [-0.15, -0.1) is 0 Å². The average Bonchev–Trinajstić information content (AvgIpc) is 2.80. The molecule has 3 aromatic rings. The van der Waals surface area contributed by atoms with Crippen molar-refractivity contribution in [1.82, 2.24) is 4.98 Å². The van der Waals surface area contributed by atoms with Gasteiger partial charge in [0.2, 0.25) is 0 Å². The molecule has 1 heterocycles. The number of aryl methyl sites for hydroxylation is 1. The van der Waals surface area contributed by atoms with Gasteiger partial charge in [-0.1, -0.05) is 11.6 Å². The highest BCUT2D eigenvalue weighted by atomic mass is 35.5. The first kappa shape index (κ1) is 13.6. The number of hydrogen-bond acceptors (Lipinski definition) is 3. The van der Waals surface area contributed by atoms with E-state index in [0.717, 1.165) is 6.07 Å². The molecule has 1 N–H and O–H groups in total. The number of carbonyl (C=O) groups excluding carboxylic acids is 1. The molecule has 0 unspecified atom stereocenters. The van der Waals surface area contributed by atoms with Gasteiger partial charge < -0.3 is 9.73 Å². The lowest BCUT2D eigenvalue weighted by molar-refractivity contribution is 0.102. The SMILES string of the molecule is Cc1nc2ccc(NC(=O)c3cc(Cl)ccc3F)cc2o1. The number of benzene rings is 2. The van der Waals surface area contributed by atoms with Crippen molar-refractivity contribution in [3.05, 3.63) is 58.7 Å². The lowest BCUT2D eigenvalue weighted by Crippen LogP contribution is -2.13. The predicted molar refractivity (Wildman–Crippen MR) is 78.1 cm³/mol. The fraction of sp³-hybridized carbons (Fsp3) is 0.0667. The Hall–Kier alpha value is -2.40. The first-order valence-corrected chi connectivity index (χ1v) is 6.54. The number of nitrogens with one attached hydrogen (secondary N) is 1. The van der Waals surface area contributed by atoms with E-state index in [1.54, 1.807) is 25.1 Å². The van der Waals surface area contributed by atoms with Gasteiger partial charge >= 0.3 is 0 Å². The summed E-state index contributed by atoms with van der Waals surface area (Å²) in [5.41, 5.74) is 1.62. The van der Waals surface area contributed by atoms with E-state index in [9.17, 15) is 9.18 Å². The molecule has 0 aliphatic heterocycles. The van der Waals surface area contributed by atoms with Gasteiger partial charge in [0.25, 0.3) is 5.91 Å². The Bertz CT molecular complexity index is 845. The molecule has 2 aromatic carbocycles. The minimum atomic E-state index is -0.631. The highest BCUT2D eigenvalue weighted by molar-refractivity contribution is 6.31. The number of nitrogens with zero attached hydrogens (tertiary/aromatic N) is 1. The Balaban J connectivity index is 1.90. The fourth-order valence-corrected chi connectivity index (χ4v) is 2.16. The zero-order valence-corrected chi connectivity index (χ0v) is 11.7. The van der Waals surface area contributed by atoms with Crippen LogP contribution < -0.4 is 5.32 Å². The molecule has 4 nitrogen and oxygen atoms in total. The summed E-state index contributed by atoms with van der Waals surface area (Å²) in [6.45, 7) is 1.74. The van der Waals surface area contributed by atoms with Crippen LogP contribution >= 0.6 is 11.6 Å². The lowest BCUT2D eigenvalue weighted by Gasteiger charge is -2.06. The second kappa shape index (κ2) is 5.18. The molecule has 0 saturated carbocycles. The molecule has 0 atom stereocenters. The van der Waals surface area contributed by atoms with Crippen LogP contribution in [0.4, 0.5) is 10.1 Å². The third-order valence-corrected chi connectivity index (χ3v) is 3.16. The number of amides is 1. The molecule has 1 amide bonds. The third kappa shape index (κ3) is 2.73. The van der Waals surface area contributed by atoms with Gasteiger partial charge in [0, 0.05) is 23.7 Å². The van der Waals surface area contributed by atoms with E-state index < -0.39 is 11.7 Å². The molecule has 1 aromatic heterocycles. The van der Waals surface area contributed by atoms with Crippen LogP contribution in [0.15, 0.2) is 40.8 Å². The molecule has 0 aliphatic rings. The summed E-state index contributed by atoms with van der Waals surface area (Å²) in [6.07, 6.45) is 0. The molecule has 0 saturated heterocycles. The smallest absolute Gasteiger partial charge is 0.258 e. The Morgan fingerprint density at radius 3 is 2.90 bits per heavy atom. The van der Waals surface area contributed by atoms with Crippen molar-refractivity contribution >= 4 is 34.3 Å². The van der Waals surface area contributed by atoms with E-state index in [0.29, 0.717) is 27.7 Å². The van der Waals surface area contributed by atoms with Gasteiger partial charge in [-0.3, -0.25) is 4.79 Å². The number of anilines is 1. The normalized spacial score (nSPS) is 10.8. The van der Waals surface area contributed by atoms with Crippen LogP contribution in [0.5, 0.6) is 0 Å². The second-order valence-electron chi connectivity index (χ2n) is 4.49. The minimum absolute atomic E-state index is 0.114. The Kier molecular flexibility index (Phi) is 3.35. The standard InChI is InChI=1S/C15H10ClFN2O2/c1-8-18-13-5-3-10(7-14(13)21-8)19-15(20)11-6-9(16)2-4-12(11)17/h2-7H,1H3,(H,19,20). The van der Waals surface area contributed by atoms with Crippen molar-refractivity contribution in [2.24, 2.45) is 0 Å². The van der Waals surface area contributed by atoms with E-state index in [2.05, 4.69) is 10.3 Å². The van der Waals surface area contributed by atoms with Crippen molar-refractivity contribution in [3.8, 4) is 0 Å². The number of hydrogen-bond donors (Lipinski definition) is 1. The Morgan fingerprint density at radius 2 is 2.10 bits per heavy atom. The average molecular weight is 305 g/mol. The van der Waals surface area contributed by atoms with Crippen molar-refractivity contribution in [2.45, 2.75) is 6.92 Å². The maximum atomic E-state index is 13.6. The van der Waals surface area contributed by atoms with Crippen LogP contribution in [0, 0.1) is 12.7 Å². The van der Waals surface area contributed by atoms with Crippen LogP contribution in [-0.2, 0) is 0 Å². The molecule has 0 fully saturated rings. The summed E-state index contributed by atoms with van der Waals surface area (Å²) >= 11 is 5.77. The van der Waals surface area contributed by atoms with Crippen molar-refractivity contribution < 1.29 is 13.6 Å². The summed E-state index contributed by atoms with van der Waals surface area (Å²) in [4.78, 5) is 16.2. The van der Waals surface area contributed by atoms with Crippen LogP contribution in [-0.4, -0.2) is 10.9 Å². The maximum absolute atomic E-state index is 13.6. The van der Waals surface area contributed by atoms with E-state index >= 15 is 0 Å². The molecule has 106 valence electrons. The van der Waals surface area contributed by atoms with Gasteiger partial charge in [0.1, 0.15) is 11.3 Å². The summed E-state index contributed by atoms with van der Waals surface area (Å²) in [6, 6.07) is 8.84. The maximum Gasteiger partial charge on any atom is 0.258 e. The molecule has 0 radical (unpaired) electrons. The topological polar surface area (TPSA) is 55.1 Å². The zero-order valence-electron chi connectivity index (χ0n) is 11.0. The zero-order chi connectivity index (χ0) is 15.0. The van der Waals surface area contributed by atoms with Crippen LogP contribution in [0.2, 0.25) is 5.02 Å². The number of carbonyl (C=O) groups is 1. The van der Waals surface area contributed by atoms with Crippen molar-refractivity contribution in [3.63, 3.8) is 0 Å². The molecule has 0 aliphatic carbocycles. The van der Waals surface area contributed by atoms with Gasteiger partial charge in [-0.25, -0.2) is 9.37 Å². The van der Waals surface area contributed by atoms with Crippen LogP contribution in [0.1, 0.15) is 16.2 Å². The van der Waals surface area contributed by atoms with Gasteiger partial charge in [-0.05, 0) is 30.3 Å². The minimum Gasteiger partial charge on any atom is -0.441 e. The first-order chi connectivity index (χ1) is 10.0. The van der Waals surface area contributed by atoms with E-state index in [4.69, 9.17) is 16.0 Å². The third-order valence-electron chi connectivity index (χ3n) is 2.93. The van der Waals surface area contributed by atoms with E-state index in [1.165, 1.54) is 12.1 Å². The Labute approximate surface area is 124 Å². The molecule has 0 spiro atoms. The summed E-state index contributed by atoms with van der Waals surface area (Å²) < 4.78 is 19.0. The highest BCUT2D eigenvalue weighted by Gasteiger charge is 2.13. The summed E-state index contributed by atoms with van der Waals surface area (Å²) in [7, 11) is 0. The van der Waals surface area contributed by atoms with Crippen molar-refractivity contribution in [1.29, 1.82) is 0 Å². The number of halogens is 2. The Morgan fingerprint density at radius 1 is 1.29 bits per heavy atom. The second-order valence-corrected chi connectivity index (χ2v) is 4.93. The monoisotopic (exact) mass is 304 g/mol. The first-order valence-electron chi connectivity index (χ1n) is 6.16. The number of aromatic nitrogens is 1. The molecule has 0 bridgehead atoms. The molecule has 6 heteroatoms. The lowest BCUT2D eigenvalue weighted by atomic mass is 10.2. The fourth-order valence-electron chi connectivity index (χ4n) is 1.99. The predicted octanol–water partition coefficient (Wildman–Crippen LogP) is 4.18. The molecular formula is C15H10ClFN2O2. The van der Waals surface area contributed by atoms with Gasteiger partial charge in [0.15, 0.2) is 11.5 Å². The summed E-state index contributed by atoms with van der Waals surface area (Å²) in [5.74, 6) is -0.673. The number of oxazole rings is 1. The van der Waals surface area contributed by atoms with Gasteiger partial charge in [0.05, 0.1) is 5.56 Å². The largest absolute Gasteiger partial charge is 0.441 e. The van der Waals surface area contributed by atoms with Gasteiger partial charge in [-0.2, -0.15) is 0 Å². The summed E-state index contributed by atoms with van der Waals surface area (Å²) in [5, 5.41) is 2.90. The van der Waals surface area contributed by atoms with E-state index in [-0.39, 0.29) is 5.56 Å².